The highest BCUT2D eigenvalue weighted by Gasteiger charge is 2.81. The van der Waals surface area contributed by atoms with E-state index in [4.69, 9.17) is 15.2 Å². The lowest BCUT2D eigenvalue weighted by molar-refractivity contribution is -0.172. The normalized spacial score (nSPS) is 36.8. The monoisotopic (exact) mass is 296 g/mol. The lowest BCUT2D eigenvalue weighted by Crippen LogP contribution is -2.40. The fourth-order valence-electron chi connectivity index (χ4n) is 3.55. The van der Waals surface area contributed by atoms with Gasteiger partial charge in [-0.25, -0.2) is 0 Å². The third-order valence-corrected chi connectivity index (χ3v) is 4.90. The van der Waals surface area contributed by atoms with E-state index in [1.807, 2.05) is 13.8 Å². The number of ether oxygens (including phenoxy) is 2. The van der Waals surface area contributed by atoms with Crippen molar-refractivity contribution >= 4 is 17.9 Å². The molecule has 117 valence electrons. The molecule has 0 amide bonds. The first-order valence-electron chi connectivity index (χ1n) is 7.27. The standard InChI is InChI=1S/C15H22NO5/c1-4-5-20-12(18)14(6-9(14)2)15(7-10(15)3)13(19)21-11(17)8-16/h4,9-10H,5-8,16H2,1-3H3. The Kier molecular flexibility index (Phi) is 4.10. The molecular weight excluding hydrogens is 274 g/mol. The number of nitrogens with two attached hydrogens (primary N) is 1. The molecule has 0 heterocycles. The van der Waals surface area contributed by atoms with Gasteiger partial charge in [0.1, 0.15) is 0 Å². The average Bonchev–Trinajstić information content (AvgIpc) is 3.32. The summed E-state index contributed by atoms with van der Waals surface area (Å²) in [5, 5.41) is 0. The van der Waals surface area contributed by atoms with Gasteiger partial charge in [0.15, 0.2) is 0 Å². The maximum absolute atomic E-state index is 12.4. The number of hydrogen-bond donors (Lipinski definition) is 1. The average molecular weight is 296 g/mol. The van der Waals surface area contributed by atoms with Crippen LogP contribution in [0.25, 0.3) is 0 Å². The first-order valence-corrected chi connectivity index (χ1v) is 7.27. The third kappa shape index (κ3) is 2.25. The predicted molar refractivity (Wildman–Crippen MR) is 73.5 cm³/mol. The third-order valence-electron chi connectivity index (χ3n) is 4.90. The van der Waals surface area contributed by atoms with Crippen LogP contribution < -0.4 is 5.73 Å². The number of rotatable bonds is 6. The van der Waals surface area contributed by atoms with Crippen molar-refractivity contribution in [2.75, 3.05) is 13.2 Å². The molecule has 4 unspecified atom stereocenters. The van der Waals surface area contributed by atoms with Crippen LogP contribution in [0.4, 0.5) is 0 Å². The van der Waals surface area contributed by atoms with E-state index < -0.39 is 22.8 Å². The Hall–Kier alpha value is -1.43. The molecule has 2 aliphatic carbocycles. The molecule has 4 atom stereocenters. The molecule has 0 aromatic rings. The van der Waals surface area contributed by atoms with Crippen molar-refractivity contribution in [3.8, 4) is 0 Å². The summed E-state index contributed by atoms with van der Waals surface area (Å²) in [6.45, 7) is 5.46. The highest BCUT2D eigenvalue weighted by Crippen LogP contribution is 2.76. The molecule has 1 radical (unpaired) electrons. The van der Waals surface area contributed by atoms with Crippen LogP contribution in [0.5, 0.6) is 0 Å². The maximum atomic E-state index is 12.4. The van der Waals surface area contributed by atoms with E-state index in [2.05, 4.69) is 0 Å². The van der Waals surface area contributed by atoms with Gasteiger partial charge in [-0.05, 0) is 31.1 Å². The second-order valence-corrected chi connectivity index (χ2v) is 6.13. The van der Waals surface area contributed by atoms with Crippen molar-refractivity contribution in [1.82, 2.24) is 0 Å². The van der Waals surface area contributed by atoms with Crippen molar-refractivity contribution in [3.05, 3.63) is 6.42 Å². The summed E-state index contributed by atoms with van der Waals surface area (Å²) in [6, 6.07) is 0. The Labute approximate surface area is 124 Å². The maximum Gasteiger partial charge on any atom is 0.327 e. The molecule has 21 heavy (non-hydrogen) atoms. The number of esters is 3. The fourth-order valence-corrected chi connectivity index (χ4v) is 3.55. The van der Waals surface area contributed by atoms with Crippen molar-refractivity contribution in [3.63, 3.8) is 0 Å². The molecule has 2 fully saturated rings. The number of carbonyl (C=O) groups is 3. The topological polar surface area (TPSA) is 95.7 Å². The van der Waals surface area contributed by atoms with Gasteiger partial charge >= 0.3 is 17.9 Å². The van der Waals surface area contributed by atoms with Crippen LogP contribution in [0.3, 0.4) is 0 Å². The molecule has 2 saturated carbocycles. The molecule has 2 N–H and O–H groups in total. The summed E-state index contributed by atoms with van der Waals surface area (Å²) in [7, 11) is 0. The van der Waals surface area contributed by atoms with Crippen molar-refractivity contribution in [2.45, 2.75) is 33.6 Å². The van der Waals surface area contributed by atoms with Gasteiger partial charge in [-0.2, -0.15) is 0 Å². The molecule has 2 aliphatic rings. The Morgan fingerprint density at radius 1 is 1.14 bits per heavy atom. The van der Waals surface area contributed by atoms with Gasteiger partial charge in [0, 0.05) is 0 Å². The summed E-state index contributed by atoms with van der Waals surface area (Å²) in [5.74, 6) is -1.72. The smallest absolute Gasteiger partial charge is 0.327 e. The summed E-state index contributed by atoms with van der Waals surface area (Å²) in [5.41, 5.74) is 3.40. The summed E-state index contributed by atoms with van der Waals surface area (Å²) >= 11 is 0. The molecule has 0 aromatic heterocycles. The quantitative estimate of drug-likeness (QED) is 0.576. The van der Waals surface area contributed by atoms with Crippen molar-refractivity contribution < 1.29 is 23.9 Å². The zero-order valence-corrected chi connectivity index (χ0v) is 12.7. The van der Waals surface area contributed by atoms with Gasteiger partial charge in [0.2, 0.25) is 0 Å². The van der Waals surface area contributed by atoms with Crippen LogP contribution in [0, 0.1) is 29.1 Å². The zero-order chi connectivity index (χ0) is 15.8. The second kappa shape index (κ2) is 5.40. The van der Waals surface area contributed by atoms with Gasteiger partial charge in [0.05, 0.1) is 24.0 Å². The highest BCUT2D eigenvalue weighted by atomic mass is 16.6. The minimum atomic E-state index is -0.929. The largest absolute Gasteiger partial charge is 0.465 e. The Morgan fingerprint density at radius 3 is 2.00 bits per heavy atom. The Morgan fingerprint density at radius 2 is 1.62 bits per heavy atom. The van der Waals surface area contributed by atoms with Gasteiger partial charge < -0.3 is 15.2 Å². The molecule has 0 aromatic carbocycles. The van der Waals surface area contributed by atoms with Gasteiger partial charge in [0.25, 0.3) is 0 Å². The van der Waals surface area contributed by atoms with Crippen LogP contribution in [0.2, 0.25) is 0 Å². The minimum absolute atomic E-state index is 0.00122. The van der Waals surface area contributed by atoms with Gasteiger partial charge in [-0.1, -0.05) is 20.8 Å². The second-order valence-electron chi connectivity index (χ2n) is 6.13. The number of hydrogen-bond acceptors (Lipinski definition) is 6. The zero-order valence-electron chi connectivity index (χ0n) is 12.7. The van der Waals surface area contributed by atoms with Crippen LogP contribution in [-0.2, 0) is 23.9 Å². The van der Waals surface area contributed by atoms with E-state index in [9.17, 15) is 14.4 Å². The van der Waals surface area contributed by atoms with Crippen LogP contribution in [0.1, 0.15) is 33.6 Å². The molecule has 2 rings (SSSR count). The fraction of sp³-hybridized carbons (Fsp3) is 0.733. The first-order chi connectivity index (χ1) is 9.86. The Bertz CT molecular complexity index is 477. The summed E-state index contributed by atoms with van der Waals surface area (Å²) in [6.07, 6.45) is 2.86. The molecule has 6 nitrogen and oxygen atoms in total. The first kappa shape index (κ1) is 15.9. The lowest BCUT2D eigenvalue weighted by atomic mass is 9.81. The Balaban J connectivity index is 2.21. The van der Waals surface area contributed by atoms with E-state index in [1.165, 1.54) is 0 Å². The van der Waals surface area contributed by atoms with Crippen molar-refractivity contribution in [2.24, 2.45) is 28.4 Å². The molecule has 6 heteroatoms. The van der Waals surface area contributed by atoms with Gasteiger partial charge in [-0.3, -0.25) is 14.4 Å². The van der Waals surface area contributed by atoms with E-state index in [-0.39, 0.29) is 31.0 Å². The molecule has 0 aliphatic heterocycles. The van der Waals surface area contributed by atoms with E-state index in [1.54, 1.807) is 13.3 Å². The molecule has 0 spiro atoms. The van der Waals surface area contributed by atoms with Crippen molar-refractivity contribution in [1.29, 1.82) is 0 Å². The van der Waals surface area contributed by atoms with Crippen LogP contribution in [0.15, 0.2) is 0 Å². The lowest BCUT2D eigenvalue weighted by Gasteiger charge is -2.25. The minimum Gasteiger partial charge on any atom is -0.465 e. The SMILES string of the molecule is C[CH]COC(=O)C1(C2(C(=O)OC(=O)CN)CC2C)CC1C. The molecule has 0 saturated heterocycles. The molecule has 0 bridgehead atoms. The van der Waals surface area contributed by atoms with Crippen LogP contribution >= 0.6 is 0 Å². The summed E-state index contributed by atoms with van der Waals surface area (Å²) in [4.78, 5) is 36.1. The predicted octanol–water partition coefficient (Wildman–Crippen LogP) is 0.835. The summed E-state index contributed by atoms with van der Waals surface area (Å²) < 4.78 is 10.0. The van der Waals surface area contributed by atoms with Gasteiger partial charge in [-0.15, -0.1) is 0 Å². The highest BCUT2D eigenvalue weighted by molar-refractivity contribution is 5.98. The van der Waals surface area contributed by atoms with E-state index >= 15 is 0 Å². The molecular formula is C15H22NO5. The number of carbonyl (C=O) groups excluding carboxylic acids is 3. The van der Waals surface area contributed by atoms with E-state index in [0.717, 1.165) is 0 Å². The van der Waals surface area contributed by atoms with E-state index in [0.29, 0.717) is 12.8 Å². The van der Waals surface area contributed by atoms with Crippen LogP contribution in [-0.4, -0.2) is 31.1 Å².